The number of ketones is 1. The molecule has 2 aromatic rings. The van der Waals surface area contributed by atoms with E-state index in [4.69, 9.17) is 4.74 Å². The predicted molar refractivity (Wildman–Crippen MR) is 102 cm³/mol. The Hall–Kier alpha value is -2.54. The third kappa shape index (κ3) is 4.35. The van der Waals surface area contributed by atoms with Gasteiger partial charge in [-0.1, -0.05) is 0 Å². The molecule has 6 nitrogen and oxygen atoms in total. The Labute approximate surface area is 156 Å². The fourth-order valence-corrected chi connectivity index (χ4v) is 3.61. The van der Waals surface area contributed by atoms with Crippen LogP contribution in [0.2, 0.25) is 0 Å². The third-order valence-electron chi connectivity index (χ3n) is 3.93. The fourth-order valence-electron chi connectivity index (χ4n) is 2.69. The minimum absolute atomic E-state index is 0.0864. The summed E-state index contributed by atoms with van der Waals surface area (Å²) >= 11 is 1.41. The zero-order chi connectivity index (χ0) is 19.4. The molecule has 7 heteroatoms. The van der Waals surface area contributed by atoms with Crippen molar-refractivity contribution < 1.29 is 19.1 Å². The Morgan fingerprint density at radius 1 is 1.15 bits per heavy atom. The van der Waals surface area contributed by atoms with E-state index in [1.807, 2.05) is 19.1 Å². The number of ether oxygens (including phenoxy) is 1. The molecule has 1 amide bonds. The van der Waals surface area contributed by atoms with Crippen molar-refractivity contribution in [1.82, 2.24) is 4.98 Å². The van der Waals surface area contributed by atoms with Crippen LogP contribution in [-0.4, -0.2) is 35.0 Å². The molecular weight excluding hydrogens is 352 g/mol. The first kappa shape index (κ1) is 19.8. The number of amides is 1. The van der Waals surface area contributed by atoms with Gasteiger partial charge in [0.15, 0.2) is 5.78 Å². The number of methoxy groups -OCH3 is 1. The molecule has 0 unspecified atom stereocenters. The van der Waals surface area contributed by atoms with E-state index in [-0.39, 0.29) is 16.9 Å². The van der Waals surface area contributed by atoms with Crippen molar-refractivity contribution in [3.63, 3.8) is 0 Å². The number of rotatable bonds is 6. The van der Waals surface area contributed by atoms with Gasteiger partial charge >= 0.3 is 5.97 Å². The van der Waals surface area contributed by atoms with Gasteiger partial charge in [0.25, 0.3) is 0 Å². The average molecular weight is 374 g/mol. The van der Waals surface area contributed by atoms with Crippen LogP contribution in [0.4, 0.5) is 5.69 Å². The van der Waals surface area contributed by atoms with Gasteiger partial charge in [0, 0.05) is 23.2 Å². The Kier molecular flexibility index (Phi) is 6.26. The number of hydrogen-bond acceptors (Lipinski definition) is 5. The number of carbonyl (C=O) groups is 3. The summed E-state index contributed by atoms with van der Waals surface area (Å²) in [4.78, 5) is 39.7. The summed E-state index contributed by atoms with van der Waals surface area (Å²) in [6.07, 6.45) is 0. The number of hydrogen-bond donors (Lipinski definition) is 2. The van der Waals surface area contributed by atoms with Gasteiger partial charge in [-0.25, -0.2) is 4.79 Å². The van der Waals surface area contributed by atoms with Gasteiger partial charge in [0.2, 0.25) is 5.91 Å². The SMILES string of the molecule is COC(=O)c1c(C)[nH]c(C(=O)[C@@H](C)Sc2ccc(NC(C)=O)cc2)c1C. The summed E-state index contributed by atoms with van der Waals surface area (Å²) in [6.45, 7) is 6.76. The molecule has 0 fully saturated rings. The minimum Gasteiger partial charge on any atom is -0.465 e. The average Bonchev–Trinajstić information content (AvgIpc) is 2.89. The fraction of sp³-hybridized carbons (Fsp3) is 0.316. The van der Waals surface area contributed by atoms with Crippen molar-refractivity contribution in [3.05, 3.63) is 46.8 Å². The molecule has 0 saturated heterocycles. The van der Waals surface area contributed by atoms with E-state index in [2.05, 4.69) is 10.3 Å². The van der Waals surface area contributed by atoms with E-state index in [0.29, 0.717) is 28.2 Å². The molecule has 0 spiro atoms. The lowest BCUT2D eigenvalue weighted by Crippen LogP contribution is -2.15. The van der Waals surface area contributed by atoms with Crippen LogP contribution in [-0.2, 0) is 9.53 Å². The molecule has 0 radical (unpaired) electrons. The van der Waals surface area contributed by atoms with Crippen LogP contribution < -0.4 is 5.32 Å². The Morgan fingerprint density at radius 3 is 2.31 bits per heavy atom. The standard InChI is InChI=1S/C19H22N2O4S/c1-10-16(19(24)25-5)11(2)20-17(10)18(23)12(3)26-15-8-6-14(7-9-15)21-13(4)22/h6-9,12,20H,1-5H3,(H,21,22)/t12-/m1/s1. The van der Waals surface area contributed by atoms with Crippen molar-refractivity contribution in [1.29, 1.82) is 0 Å². The van der Waals surface area contributed by atoms with Crippen LogP contribution in [0.5, 0.6) is 0 Å². The topological polar surface area (TPSA) is 88.3 Å². The van der Waals surface area contributed by atoms with Crippen LogP contribution in [0, 0.1) is 13.8 Å². The largest absolute Gasteiger partial charge is 0.465 e. The molecule has 1 aromatic heterocycles. The number of aromatic amines is 1. The van der Waals surface area contributed by atoms with Crippen molar-refractivity contribution in [2.24, 2.45) is 0 Å². The highest BCUT2D eigenvalue weighted by Crippen LogP contribution is 2.29. The van der Waals surface area contributed by atoms with Gasteiger partial charge in [0.1, 0.15) is 0 Å². The first-order valence-corrected chi connectivity index (χ1v) is 8.98. The van der Waals surface area contributed by atoms with E-state index < -0.39 is 5.97 Å². The maximum atomic E-state index is 12.8. The van der Waals surface area contributed by atoms with Gasteiger partial charge in [-0.3, -0.25) is 9.59 Å². The van der Waals surface area contributed by atoms with Crippen molar-refractivity contribution in [2.75, 3.05) is 12.4 Å². The number of nitrogens with one attached hydrogen (secondary N) is 2. The maximum absolute atomic E-state index is 12.8. The second-order valence-corrected chi connectivity index (χ2v) is 7.36. The number of benzene rings is 1. The summed E-state index contributed by atoms with van der Waals surface area (Å²) in [5, 5.41) is 2.36. The smallest absolute Gasteiger partial charge is 0.339 e. The molecule has 0 aliphatic carbocycles. The van der Waals surface area contributed by atoms with Crippen molar-refractivity contribution in [3.8, 4) is 0 Å². The number of aryl methyl sites for hydroxylation is 1. The van der Waals surface area contributed by atoms with Gasteiger partial charge < -0.3 is 15.0 Å². The van der Waals surface area contributed by atoms with Crippen LogP contribution >= 0.6 is 11.8 Å². The maximum Gasteiger partial charge on any atom is 0.339 e. The van der Waals surface area contributed by atoms with Crippen molar-refractivity contribution >= 4 is 35.1 Å². The van der Waals surface area contributed by atoms with E-state index >= 15 is 0 Å². The Balaban J connectivity index is 2.15. The molecule has 1 heterocycles. The number of anilines is 1. The molecule has 2 N–H and O–H groups in total. The number of carbonyl (C=O) groups excluding carboxylic acids is 3. The monoisotopic (exact) mass is 374 g/mol. The van der Waals surface area contributed by atoms with Crippen LogP contribution in [0.3, 0.4) is 0 Å². The molecule has 2 rings (SSSR count). The van der Waals surface area contributed by atoms with Crippen LogP contribution in [0.1, 0.15) is 46.0 Å². The number of H-pyrrole nitrogens is 1. The highest BCUT2D eigenvalue weighted by atomic mass is 32.2. The predicted octanol–water partition coefficient (Wildman–Crippen LogP) is 3.74. The summed E-state index contributed by atoms with van der Waals surface area (Å²) in [5.74, 6) is -0.672. The molecule has 138 valence electrons. The highest BCUT2D eigenvalue weighted by Gasteiger charge is 2.25. The number of esters is 1. The molecule has 0 bridgehead atoms. The molecule has 1 atom stereocenters. The summed E-state index contributed by atoms with van der Waals surface area (Å²) in [5.41, 5.74) is 2.77. The van der Waals surface area contributed by atoms with Gasteiger partial charge in [0.05, 0.1) is 23.6 Å². The second kappa shape index (κ2) is 8.23. The zero-order valence-corrected chi connectivity index (χ0v) is 16.2. The van der Waals surface area contributed by atoms with Gasteiger partial charge in [-0.05, 0) is 50.6 Å². The summed E-state index contributed by atoms with van der Waals surface area (Å²) in [6, 6.07) is 7.29. The molecule has 0 aliphatic rings. The van der Waals surface area contributed by atoms with E-state index in [1.54, 1.807) is 26.0 Å². The van der Waals surface area contributed by atoms with Crippen LogP contribution in [0.25, 0.3) is 0 Å². The summed E-state index contributed by atoms with van der Waals surface area (Å²) in [7, 11) is 1.32. The first-order chi connectivity index (χ1) is 12.2. The van der Waals surface area contributed by atoms with Crippen LogP contribution in [0.15, 0.2) is 29.2 Å². The first-order valence-electron chi connectivity index (χ1n) is 8.10. The van der Waals surface area contributed by atoms with Gasteiger partial charge in [-0.15, -0.1) is 11.8 Å². The third-order valence-corrected chi connectivity index (χ3v) is 5.04. The lowest BCUT2D eigenvalue weighted by Gasteiger charge is -2.11. The molecule has 0 aliphatic heterocycles. The Bertz CT molecular complexity index is 840. The minimum atomic E-state index is -0.454. The van der Waals surface area contributed by atoms with Gasteiger partial charge in [-0.2, -0.15) is 0 Å². The lowest BCUT2D eigenvalue weighted by atomic mass is 10.1. The molecule has 26 heavy (non-hydrogen) atoms. The molecular formula is C19H22N2O4S. The highest BCUT2D eigenvalue weighted by molar-refractivity contribution is 8.00. The number of aromatic nitrogens is 1. The van der Waals surface area contributed by atoms with E-state index in [9.17, 15) is 14.4 Å². The van der Waals surface area contributed by atoms with Crippen molar-refractivity contribution in [2.45, 2.75) is 37.8 Å². The van der Waals surface area contributed by atoms with E-state index in [1.165, 1.54) is 25.8 Å². The number of thioether (sulfide) groups is 1. The molecule has 0 saturated carbocycles. The quantitative estimate of drug-likeness (QED) is 0.457. The second-order valence-electron chi connectivity index (χ2n) is 5.95. The molecule has 1 aromatic carbocycles. The normalized spacial score (nSPS) is 11.7. The van der Waals surface area contributed by atoms with E-state index in [0.717, 1.165) is 4.90 Å². The lowest BCUT2D eigenvalue weighted by molar-refractivity contribution is -0.114. The Morgan fingerprint density at radius 2 is 1.77 bits per heavy atom. The summed E-state index contributed by atoms with van der Waals surface area (Å²) < 4.78 is 4.78. The zero-order valence-electron chi connectivity index (χ0n) is 15.4. The number of Topliss-reactive ketones (excluding diaryl/α,β-unsaturated/α-hetero) is 1.